The van der Waals surface area contributed by atoms with Gasteiger partial charge in [0.05, 0.1) is 0 Å². The van der Waals surface area contributed by atoms with Crippen molar-refractivity contribution >= 4 is 5.78 Å². The molecule has 0 aromatic heterocycles. The van der Waals surface area contributed by atoms with Crippen molar-refractivity contribution < 1.29 is 22.4 Å². The highest BCUT2D eigenvalue weighted by Gasteiger charge is 2.10. The highest BCUT2D eigenvalue weighted by Crippen LogP contribution is 2.14. The van der Waals surface area contributed by atoms with E-state index in [4.69, 9.17) is 0 Å². The first-order chi connectivity index (χ1) is 10.5. The Morgan fingerprint density at radius 3 is 1.50 bits per heavy atom. The molecule has 0 aliphatic carbocycles. The van der Waals surface area contributed by atoms with Crippen molar-refractivity contribution in [2.24, 2.45) is 0 Å². The predicted octanol–water partition coefficient (Wildman–Crippen LogP) is 4.38. The van der Waals surface area contributed by atoms with Crippen molar-refractivity contribution in [1.29, 1.82) is 0 Å². The summed E-state index contributed by atoms with van der Waals surface area (Å²) in [6.07, 6.45) is 0.504. The number of halogens is 4. The second kappa shape index (κ2) is 7.20. The van der Waals surface area contributed by atoms with E-state index in [1.54, 1.807) is 0 Å². The number of benzene rings is 2. The van der Waals surface area contributed by atoms with E-state index in [1.165, 1.54) is 12.1 Å². The smallest absolute Gasteiger partial charge is 0.133 e. The Hall–Kier alpha value is -2.17. The lowest BCUT2D eigenvalue weighted by Crippen LogP contribution is -2.04. The summed E-state index contributed by atoms with van der Waals surface area (Å²) in [6.45, 7) is 0. The maximum Gasteiger partial charge on any atom is 0.133 e. The molecule has 0 atom stereocenters. The van der Waals surface area contributed by atoms with Crippen LogP contribution in [0.3, 0.4) is 0 Å². The molecule has 0 unspecified atom stereocenters. The Labute approximate surface area is 125 Å². The zero-order valence-corrected chi connectivity index (χ0v) is 11.7. The summed E-state index contributed by atoms with van der Waals surface area (Å²) < 4.78 is 52.3. The molecule has 0 N–H and O–H groups in total. The number of carbonyl (C=O) groups excluding carboxylic acids is 1. The van der Waals surface area contributed by atoms with Crippen LogP contribution in [0.2, 0.25) is 0 Å². The zero-order valence-electron chi connectivity index (χ0n) is 11.7. The molecule has 0 fully saturated rings. The number of aryl methyl sites for hydroxylation is 2. The fraction of sp³-hybridized carbons (Fsp3) is 0.235. The van der Waals surface area contributed by atoms with Gasteiger partial charge in [-0.2, -0.15) is 0 Å². The molecule has 0 aliphatic rings. The van der Waals surface area contributed by atoms with Crippen LogP contribution in [0.1, 0.15) is 24.0 Å². The van der Waals surface area contributed by atoms with Crippen LogP contribution in [0.25, 0.3) is 0 Å². The van der Waals surface area contributed by atoms with E-state index in [2.05, 4.69) is 0 Å². The molecule has 0 heterocycles. The summed E-state index contributed by atoms with van der Waals surface area (Å²) in [5.41, 5.74) is 0.533. The summed E-state index contributed by atoms with van der Waals surface area (Å²) in [4.78, 5) is 11.8. The van der Waals surface area contributed by atoms with Crippen molar-refractivity contribution in [2.45, 2.75) is 25.7 Å². The van der Waals surface area contributed by atoms with Crippen LogP contribution in [-0.4, -0.2) is 5.78 Å². The van der Waals surface area contributed by atoms with Crippen LogP contribution in [0.5, 0.6) is 0 Å². The molecule has 2 aromatic carbocycles. The quantitative estimate of drug-likeness (QED) is 0.724. The van der Waals surface area contributed by atoms with Crippen molar-refractivity contribution in [2.75, 3.05) is 0 Å². The van der Waals surface area contributed by atoms with Gasteiger partial charge in [-0.3, -0.25) is 4.79 Å². The molecule has 0 spiro atoms. The molecule has 1 nitrogen and oxygen atoms in total. The number of hydrogen-bond donors (Lipinski definition) is 0. The third kappa shape index (κ3) is 4.41. The third-order valence-corrected chi connectivity index (χ3v) is 3.38. The molecule has 0 radical (unpaired) electrons. The van der Waals surface area contributed by atoms with Crippen LogP contribution in [0.4, 0.5) is 17.6 Å². The van der Waals surface area contributed by atoms with E-state index in [9.17, 15) is 22.4 Å². The lowest BCUT2D eigenvalue weighted by atomic mass is 10.0. The van der Waals surface area contributed by atoms with Crippen molar-refractivity contribution in [3.63, 3.8) is 0 Å². The first kappa shape index (κ1) is 16.2. The Morgan fingerprint density at radius 1 is 0.727 bits per heavy atom. The minimum Gasteiger partial charge on any atom is -0.300 e. The largest absolute Gasteiger partial charge is 0.300 e. The number of rotatable bonds is 6. The summed E-state index contributed by atoms with van der Waals surface area (Å²) in [7, 11) is 0. The van der Waals surface area contributed by atoms with Gasteiger partial charge in [-0.1, -0.05) is 12.1 Å². The Kier molecular flexibility index (Phi) is 5.31. The summed E-state index contributed by atoms with van der Waals surface area (Å²) in [6, 6.07) is 6.42. The third-order valence-electron chi connectivity index (χ3n) is 3.38. The topological polar surface area (TPSA) is 17.1 Å². The summed E-state index contributed by atoms with van der Waals surface area (Å²) >= 11 is 0. The average Bonchev–Trinajstić information content (AvgIpc) is 2.45. The van der Waals surface area contributed by atoms with Gasteiger partial charge in [-0.15, -0.1) is 0 Å². The van der Waals surface area contributed by atoms with Gasteiger partial charge >= 0.3 is 0 Å². The van der Waals surface area contributed by atoms with E-state index in [1.807, 2.05) is 0 Å². The van der Waals surface area contributed by atoms with Crippen molar-refractivity contribution in [3.05, 3.63) is 70.8 Å². The maximum absolute atomic E-state index is 13.4. The SMILES string of the molecule is O=C(CCc1ccc(F)cc1F)CCc1ccc(F)cc1F. The van der Waals surface area contributed by atoms with Crippen LogP contribution >= 0.6 is 0 Å². The molecule has 116 valence electrons. The van der Waals surface area contributed by atoms with Gasteiger partial charge in [0.2, 0.25) is 0 Å². The van der Waals surface area contributed by atoms with E-state index < -0.39 is 23.3 Å². The Morgan fingerprint density at radius 2 is 1.14 bits per heavy atom. The molecule has 5 heteroatoms. The fourth-order valence-corrected chi connectivity index (χ4v) is 2.12. The van der Waals surface area contributed by atoms with Crippen molar-refractivity contribution in [3.8, 4) is 0 Å². The molecule has 2 aromatic rings. The van der Waals surface area contributed by atoms with Gasteiger partial charge in [0.15, 0.2) is 0 Å². The van der Waals surface area contributed by atoms with E-state index in [0.717, 1.165) is 24.3 Å². The van der Waals surface area contributed by atoms with Gasteiger partial charge in [0.1, 0.15) is 29.1 Å². The fourth-order valence-electron chi connectivity index (χ4n) is 2.12. The standard InChI is InChI=1S/C17H14F4O/c18-13-5-1-11(16(20)9-13)3-7-15(22)8-4-12-2-6-14(19)10-17(12)21/h1-2,5-6,9-10H,3-4,7-8H2. The van der Waals surface area contributed by atoms with E-state index in [-0.39, 0.29) is 42.6 Å². The second-order valence-corrected chi connectivity index (χ2v) is 5.01. The molecular weight excluding hydrogens is 296 g/mol. The lowest BCUT2D eigenvalue weighted by Gasteiger charge is -2.05. The van der Waals surface area contributed by atoms with Gasteiger partial charge in [-0.25, -0.2) is 17.6 Å². The molecule has 0 amide bonds. The predicted molar refractivity (Wildman–Crippen MR) is 74.4 cm³/mol. The van der Waals surface area contributed by atoms with Gasteiger partial charge in [-0.05, 0) is 36.1 Å². The first-order valence-corrected chi connectivity index (χ1v) is 6.85. The number of ketones is 1. The molecule has 2 rings (SSSR count). The van der Waals surface area contributed by atoms with Gasteiger partial charge in [0.25, 0.3) is 0 Å². The second-order valence-electron chi connectivity index (χ2n) is 5.01. The molecule has 0 bridgehead atoms. The van der Waals surface area contributed by atoms with Gasteiger partial charge < -0.3 is 0 Å². The monoisotopic (exact) mass is 310 g/mol. The first-order valence-electron chi connectivity index (χ1n) is 6.85. The number of Topliss-reactive ketones (excluding diaryl/α,β-unsaturated/α-hetero) is 1. The normalized spacial score (nSPS) is 10.7. The van der Waals surface area contributed by atoms with Gasteiger partial charge in [0, 0.05) is 25.0 Å². The minimum absolute atomic E-state index is 0.0887. The zero-order chi connectivity index (χ0) is 16.1. The molecule has 22 heavy (non-hydrogen) atoms. The van der Waals surface area contributed by atoms with E-state index in [0.29, 0.717) is 0 Å². The van der Waals surface area contributed by atoms with Crippen LogP contribution in [0, 0.1) is 23.3 Å². The highest BCUT2D eigenvalue weighted by atomic mass is 19.1. The minimum atomic E-state index is -0.683. The van der Waals surface area contributed by atoms with E-state index >= 15 is 0 Å². The van der Waals surface area contributed by atoms with Crippen LogP contribution < -0.4 is 0 Å². The molecule has 0 aliphatic heterocycles. The Bertz CT molecular complexity index is 625. The van der Waals surface area contributed by atoms with Crippen molar-refractivity contribution in [1.82, 2.24) is 0 Å². The maximum atomic E-state index is 13.4. The summed E-state index contributed by atoms with van der Waals surface area (Å²) in [5, 5.41) is 0. The number of hydrogen-bond acceptors (Lipinski definition) is 1. The molecular formula is C17H14F4O. The molecule has 0 saturated carbocycles. The summed E-state index contributed by atoms with van der Waals surface area (Å²) in [5.74, 6) is -2.86. The van der Waals surface area contributed by atoms with Crippen LogP contribution in [-0.2, 0) is 17.6 Å². The Balaban J connectivity index is 1.85. The molecule has 0 saturated heterocycles. The average molecular weight is 310 g/mol. The lowest BCUT2D eigenvalue weighted by molar-refractivity contribution is -0.119. The number of carbonyl (C=O) groups is 1. The highest BCUT2D eigenvalue weighted by molar-refractivity contribution is 5.78. The van der Waals surface area contributed by atoms with Crippen LogP contribution in [0.15, 0.2) is 36.4 Å².